The van der Waals surface area contributed by atoms with E-state index in [2.05, 4.69) is 26.1 Å². The van der Waals surface area contributed by atoms with Gasteiger partial charge in [-0.25, -0.2) is 0 Å². The molecule has 0 fully saturated rings. The molecule has 1 aromatic carbocycles. The van der Waals surface area contributed by atoms with Crippen LogP contribution in [0.1, 0.15) is 51.6 Å². The summed E-state index contributed by atoms with van der Waals surface area (Å²) in [4.78, 5) is 0. The van der Waals surface area contributed by atoms with E-state index < -0.39 is 0 Å². The lowest BCUT2D eigenvalue weighted by molar-refractivity contribution is 0.0979. The normalized spacial score (nSPS) is 14.6. The zero-order valence-corrected chi connectivity index (χ0v) is 12.3. The molecular weight excluding hydrogens is 238 g/mol. The van der Waals surface area contributed by atoms with Crippen molar-refractivity contribution in [2.24, 2.45) is 5.92 Å². The molecule has 0 saturated heterocycles. The molecule has 3 nitrogen and oxygen atoms in total. The van der Waals surface area contributed by atoms with Gasteiger partial charge < -0.3 is 15.5 Å². The number of benzene rings is 1. The summed E-state index contributed by atoms with van der Waals surface area (Å²) in [6.07, 6.45) is 2.54. The van der Waals surface area contributed by atoms with Crippen molar-refractivity contribution >= 4 is 0 Å². The van der Waals surface area contributed by atoms with Gasteiger partial charge in [-0.1, -0.05) is 51.8 Å². The van der Waals surface area contributed by atoms with E-state index in [1.54, 1.807) is 6.07 Å². The van der Waals surface area contributed by atoms with Crippen LogP contribution in [0.25, 0.3) is 0 Å². The van der Waals surface area contributed by atoms with Crippen LogP contribution in [0.4, 0.5) is 0 Å². The van der Waals surface area contributed by atoms with Gasteiger partial charge in [-0.2, -0.15) is 0 Å². The van der Waals surface area contributed by atoms with E-state index in [1.807, 2.05) is 18.2 Å². The third-order valence-electron chi connectivity index (χ3n) is 3.89. The summed E-state index contributed by atoms with van der Waals surface area (Å²) in [5.74, 6) is 0.660. The first kappa shape index (κ1) is 16.0. The Morgan fingerprint density at radius 2 is 1.68 bits per heavy atom. The van der Waals surface area contributed by atoms with Gasteiger partial charge >= 0.3 is 0 Å². The fourth-order valence-corrected chi connectivity index (χ4v) is 2.52. The van der Waals surface area contributed by atoms with Crippen LogP contribution >= 0.6 is 0 Å². The third kappa shape index (κ3) is 4.51. The molecule has 0 radical (unpaired) electrons. The molecule has 0 aromatic heterocycles. The molecule has 19 heavy (non-hydrogen) atoms. The Balaban J connectivity index is 2.61. The first-order valence-electron chi connectivity index (χ1n) is 7.33. The minimum absolute atomic E-state index is 0.0882. The maximum atomic E-state index is 10.1. The molecule has 1 rings (SSSR count). The average molecular weight is 265 g/mol. The Morgan fingerprint density at radius 3 is 2.21 bits per heavy atom. The first-order valence-corrected chi connectivity index (χ1v) is 7.33. The van der Waals surface area contributed by atoms with E-state index in [0.29, 0.717) is 18.2 Å². The largest absolute Gasteiger partial charge is 0.508 e. The fraction of sp³-hybridized carbons (Fsp3) is 0.625. The van der Waals surface area contributed by atoms with Crippen LogP contribution in [0.3, 0.4) is 0 Å². The summed E-state index contributed by atoms with van der Waals surface area (Å²) in [6.45, 7) is 6.86. The van der Waals surface area contributed by atoms with Crippen molar-refractivity contribution in [1.29, 1.82) is 0 Å². The summed E-state index contributed by atoms with van der Waals surface area (Å²) < 4.78 is 0. The smallest absolute Gasteiger partial charge is 0.120 e. The molecule has 0 aliphatic heterocycles. The van der Waals surface area contributed by atoms with E-state index in [0.717, 1.165) is 24.8 Å². The van der Waals surface area contributed by atoms with E-state index in [-0.39, 0.29) is 12.1 Å². The number of aromatic hydroxyl groups is 1. The molecule has 108 valence electrons. The van der Waals surface area contributed by atoms with E-state index >= 15 is 0 Å². The second kappa shape index (κ2) is 8.18. The molecule has 0 aliphatic rings. The van der Waals surface area contributed by atoms with Crippen molar-refractivity contribution in [2.75, 3.05) is 6.54 Å². The lowest BCUT2D eigenvalue weighted by atomic mass is 9.95. The zero-order valence-electron chi connectivity index (χ0n) is 12.3. The number of aliphatic hydroxyl groups is 1. The Labute approximate surface area is 116 Å². The molecule has 0 heterocycles. The third-order valence-corrected chi connectivity index (χ3v) is 3.89. The van der Waals surface area contributed by atoms with Crippen molar-refractivity contribution in [3.8, 4) is 5.75 Å². The van der Waals surface area contributed by atoms with Gasteiger partial charge in [0.05, 0.1) is 6.10 Å². The van der Waals surface area contributed by atoms with Gasteiger partial charge in [-0.15, -0.1) is 0 Å². The summed E-state index contributed by atoms with van der Waals surface area (Å²) in [6, 6.07) is 7.48. The van der Waals surface area contributed by atoms with Crippen molar-refractivity contribution in [3.05, 3.63) is 29.8 Å². The van der Waals surface area contributed by atoms with E-state index in [1.165, 1.54) is 0 Å². The average Bonchev–Trinajstić information content (AvgIpc) is 2.42. The highest BCUT2D eigenvalue weighted by atomic mass is 16.3. The van der Waals surface area contributed by atoms with Gasteiger partial charge in [0.1, 0.15) is 5.75 Å². The fourth-order valence-electron chi connectivity index (χ4n) is 2.52. The minimum Gasteiger partial charge on any atom is -0.508 e. The van der Waals surface area contributed by atoms with Crippen LogP contribution in [0.15, 0.2) is 24.3 Å². The van der Waals surface area contributed by atoms with E-state index in [4.69, 9.17) is 0 Å². The quantitative estimate of drug-likeness (QED) is 0.676. The summed E-state index contributed by atoms with van der Waals surface area (Å²) >= 11 is 0. The van der Waals surface area contributed by atoms with Crippen molar-refractivity contribution in [2.45, 2.75) is 52.2 Å². The van der Waals surface area contributed by atoms with E-state index in [9.17, 15) is 10.2 Å². The number of para-hydroxylation sites is 1. The Bertz CT molecular complexity index is 364. The highest BCUT2D eigenvalue weighted by molar-refractivity contribution is 5.34. The Kier molecular flexibility index (Phi) is 6.89. The number of hydrogen-bond acceptors (Lipinski definition) is 3. The second-order valence-corrected chi connectivity index (χ2v) is 5.07. The van der Waals surface area contributed by atoms with Gasteiger partial charge in [0.25, 0.3) is 0 Å². The van der Waals surface area contributed by atoms with Gasteiger partial charge in [0.15, 0.2) is 0 Å². The number of hydrogen-bond donors (Lipinski definition) is 3. The first-order chi connectivity index (χ1) is 9.13. The topological polar surface area (TPSA) is 52.5 Å². The Morgan fingerprint density at radius 1 is 1.05 bits per heavy atom. The lowest BCUT2D eigenvalue weighted by Crippen LogP contribution is -2.34. The van der Waals surface area contributed by atoms with Crippen LogP contribution in [0.2, 0.25) is 0 Å². The van der Waals surface area contributed by atoms with Crippen LogP contribution in [0, 0.1) is 5.92 Å². The number of rotatable bonds is 8. The van der Waals surface area contributed by atoms with Crippen LogP contribution in [-0.4, -0.2) is 22.9 Å². The van der Waals surface area contributed by atoms with Gasteiger partial charge in [0.2, 0.25) is 0 Å². The van der Waals surface area contributed by atoms with Crippen molar-refractivity contribution in [3.63, 3.8) is 0 Å². The number of phenolic OH excluding ortho intramolecular Hbond substituents is 1. The van der Waals surface area contributed by atoms with Crippen molar-refractivity contribution < 1.29 is 10.2 Å². The molecule has 3 N–H and O–H groups in total. The van der Waals surface area contributed by atoms with Gasteiger partial charge in [-0.3, -0.25) is 0 Å². The molecule has 2 atom stereocenters. The molecule has 0 amide bonds. The molecule has 0 aliphatic carbocycles. The van der Waals surface area contributed by atoms with Crippen molar-refractivity contribution in [1.82, 2.24) is 5.32 Å². The molecule has 0 spiro atoms. The molecule has 0 bridgehead atoms. The van der Waals surface area contributed by atoms with Gasteiger partial charge in [0, 0.05) is 18.2 Å². The molecule has 3 heteroatoms. The summed E-state index contributed by atoms with van der Waals surface area (Å²) in [5.41, 5.74) is 0.904. The predicted molar refractivity (Wildman–Crippen MR) is 79.2 cm³/mol. The predicted octanol–water partition coefficient (Wildman–Crippen LogP) is 3.23. The summed E-state index contributed by atoms with van der Waals surface area (Å²) in [7, 11) is 0. The second-order valence-electron chi connectivity index (χ2n) is 5.07. The number of aliphatic hydroxyl groups excluding tert-OH is 1. The summed E-state index contributed by atoms with van der Waals surface area (Å²) in [5, 5.41) is 23.4. The van der Waals surface area contributed by atoms with Crippen LogP contribution in [-0.2, 0) is 0 Å². The van der Waals surface area contributed by atoms with Gasteiger partial charge in [-0.05, 0) is 18.4 Å². The molecule has 2 unspecified atom stereocenters. The van der Waals surface area contributed by atoms with Crippen LogP contribution < -0.4 is 5.32 Å². The molecule has 0 saturated carbocycles. The molecule has 1 aromatic rings. The molecular formula is C16H27NO2. The SMILES string of the molecule is CCC(NCC(O)C(CC)CC)c1ccccc1O. The monoisotopic (exact) mass is 265 g/mol. The minimum atomic E-state index is -0.324. The highest BCUT2D eigenvalue weighted by Crippen LogP contribution is 2.26. The maximum Gasteiger partial charge on any atom is 0.120 e. The standard InChI is InChI=1S/C16H27NO2/c1-4-12(5-2)16(19)11-17-14(6-3)13-9-7-8-10-15(13)18/h7-10,12,14,16-19H,4-6,11H2,1-3H3. The lowest BCUT2D eigenvalue weighted by Gasteiger charge is -2.24. The Hall–Kier alpha value is -1.06. The zero-order chi connectivity index (χ0) is 14.3. The highest BCUT2D eigenvalue weighted by Gasteiger charge is 2.18. The van der Waals surface area contributed by atoms with Crippen LogP contribution in [0.5, 0.6) is 5.75 Å². The number of phenols is 1. The maximum absolute atomic E-state index is 10.1. The number of nitrogens with one attached hydrogen (secondary N) is 1.